The van der Waals surface area contributed by atoms with Gasteiger partial charge < -0.3 is 0 Å². The molecular formula is C27H39F. The van der Waals surface area contributed by atoms with Crippen LogP contribution < -0.4 is 0 Å². The van der Waals surface area contributed by atoms with E-state index >= 15 is 4.39 Å². The maximum atomic E-state index is 15.4. The first-order chi connectivity index (χ1) is 13.7. The third kappa shape index (κ3) is 4.24. The minimum Gasteiger partial charge on any atom is -0.206 e. The highest BCUT2D eigenvalue weighted by atomic mass is 19.1. The van der Waals surface area contributed by atoms with Crippen molar-refractivity contribution in [3.63, 3.8) is 0 Å². The predicted octanol–water partition coefficient (Wildman–Crippen LogP) is 8.00. The van der Waals surface area contributed by atoms with Crippen LogP contribution in [0.4, 0.5) is 4.39 Å². The number of allylic oxidation sites excluding steroid dienone is 2. The fourth-order valence-corrected chi connectivity index (χ4v) is 6.60. The maximum Gasteiger partial charge on any atom is 0.130 e. The van der Waals surface area contributed by atoms with Crippen LogP contribution in [0.3, 0.4) is 0 Å². The highest BCUT2D eigenvalue weighted by Gasteiger charge is 2.37. The summed E-state index contributed by atoms with van der Waals surface area (Å²) in [7, 11) is 0. The molecule has 0 radical (unpaired) electrons. The SMILES string of the molecule is C/C=C/CCC1CCC2CC(c3ccc4c(c3F)CCC(CC)C4)CCC2C1. The second-order valence-electron chi connectivity index (χ2n) is 9.98. The van der Waals surface area contributed by atoms with Crippen LogP contribution >= 0.6 is 0 Å². The van der Waals surface area contributed by atoms with Gasteiger partial charge in [-0.2, -0.15) is 0 Å². The van der Waals surface area contributed by atoms with Crippen LogP contribution in [0.5, 0.6) is 0 Å². The zero-order valence-corrected chi connectivity index (χ0v) is 18.1. The summed E-state index contributed by atoms with van der Waals surface area (Å²) in [6, 6.07) is 4.44. The molecule has 1 aromatic carbocycles. The Hall–Kier alpha value is -1.11. The topological polar surface area (TPSA) is 0 Å². The van der Waals surface area contributed by atoms with Crippen LogP contribution in [0.25, 0.3) is 0 Å². The van der Waals surface area contributed by atoms with Gasteiger partial charge in [-0.1, -0.05) is 44.1 Å². The summed E-state index contributed by atoms with van der Waals surface area (Å²) in [5.41, 5.74) is 3.43. The van der Waals surface area contributed by atoms with Gasteiger partial charge in [-0.25, -0.2) is 4.39 Å². The standard InChI is InChI=1S/C27H39F/c1-3-5-6-7-20-8-10-22-18-24(12-11-21(22)17-20)26-15-13-23-16-19(4-2)9-14-25(23)27(26)28/h3,5,13,15,19-22,24H,4,6-12,14,16-18H2,1-2H3/b5-3+. The van der Waals surface area contributed by atoms with E-state index in [2.05, 4.69) is 38.1 Å². The van der Waals surface area contributed by atoms with E-state index in [4.69, 9.17) is 0 Å². The average Bonchev–Trinajstić information content (AvgIpc) is 2.73. The third-order valence-electron chi connectivity index (χ3n) is 8.40. The normalized spacial score (nSPS) is 32.9. The molecule has 0 N–H and O–H groups in total. The Morgan fingerprint density at radius 3 is 2.64 bits per heavy atom. The van der Waals surface area contributed by atoms with Gasteiger partial charge in [-0.15, -0.1) is 0 Å². The molecule has 0 nitrogen and oxygen atoms in total. The Labute approximate surface area is 172 Å². The quantitative estimate of drug-likeness (QED) is 0.453. The number of benzene rings is 1. The van der Waals surface area contributed by atoms with Crippen LogP contribution in [0, 0.1) is 29.5 Å². The van der Waals surface area contributed by atoms with E-state index in [0.717, 1.165) is 47.6 Å². The molecular weight excluding hydrogens is 343 g/mol. The van der Waals surface area contributed by atoms with Crippen molar-refractivity contribution in [3.8, 4) is 0 Å². The van der Waals surface area contributed by atoms with Crippen LogP contribution in [-0.4, -0.2) is 0 Å². The van der Waals surface area contributed by atoms with Gasteiger partial charge >= 0.3 is 0 Å². The first-order valence-electron chi connectivity index (χ1n) is 12.1. The lowest BCUT2D eigenvalue weighted by atomic mass is 9.63. The Morgan fingerprint density at radius 2 is 1.82 bits per heavy atom. The highest BCUT2D eigenvalue weighted by molar-refractivity contribution is 5.38. The Balaban J connectivity index is 1.40. The third-order valence-corrected chi connectivity index (χ3v) is 8.40. The second kappa shape index (κ2) is 9.14. The highest BCUT2D eigenvalue weighted by Crippen LogP contribution is 2.49. The molecule has 2 fully saturated rings. The van der Waals surface area contributed by atoms with Crippen molar-refractivity contribution < 1.29 is 4.39 Å². The van der Waals surface area contributed by atoms with Crippen molar-refractivity contribution in [2.24, 2.45) is 23.7 Å². The molecule has 1 aromatic rings. The molecule has 4 rings (SSSR count). The minimum absolute atomic E-state index is 0.176. The fourth-order valence-electron chi connectivity index (χ4n) is 6.60. The molecule has 5 atom stereocenters. The smallest absolute Gasteiger partial charge is 0.130 e. The Kier molecular flexibility index (Phi) is 6.59. The summed E-state index contributed by atoms with van der Waals surface area (Å²) in [5.74, 6) is 4.09. The number of fused-ring (bicyclic) bond motifs is 2. The monoisotopic (exact) mass is 382 g/mol. The molecule has 0 spiro atoms. The molecule has 28 heavy (non-hydrogen) atoms. The molecule has 3 aliphatic carbocycles. The second-order valence-corrected chi connectivity index (χ2v) is 9.98. The number of hydrogen-bond acceptors (Lipinski definition) is 0. The first kappa shape index (κ1) is 20.2. The van der Waals surface area contributed by atoms with Gasteiger partial charge in [-0.05, 0) is 117 Å². The van der Waals surface area contributed by atoms with Gasteiger partial charge in [0.05, 0.1) is 0 Å². The van der Waals surface area contributed by atoms with E-state index in [1.54, 1.807) is 0 Å². The van der Waals surface area contributed by atoms with Crippen LogP contribution in [0.2, 0.25) is 0 Å². The van der Waals surface area contributed by atoms with Crippen LogP contribution in [-0.2, 0) is 12.8 Å². The van der Waals surface area contributed by atoms with Crippen molar-refractivity contribution in [1.29, 1.82) is 0 Å². The Morgan fingerprint density at radius 1 is 1.00 bits per heavy atom. The fraction of sp³-hybridized carbons (Fsp3) is 0.704. The summed E-state index contributed by atoms with van der Waals surface area (Å²) in [6.07, 6.45) is 19.6. The molecule has 0 aliphatic heterocycles. The molecule has 5 unspecified atom stereocenters. The number of hydrogen-bond donors (Lipinski definition) is 0. The summed E-state index contributed by atoms with van der Waals surface area (Å²) < 4.78 is 15.4. The molecule has 0 aromatic heterocycles. The van der Waals surface area contributed by atoms with Crippen molar-refractivity contribution in [3.05, 3.63) is 46.8 Å². The molecule has 154 valence electrons. The predicted molar refractivity (Wildman–Crippen MR) is 117 cm³/mol. The molecule has 0 heterocycles. The van der Waals surface area contributed by atoms with Crippen LogP contribution in [0.15, 0.2) is 24.3 Å². The molecule has 1 heteroatoms. The van der Waals surface area contributed by atoms with Crippen molar-refractivity contribution in [2.75, 3.05) is 0 Å². The number of rotatable bonds is 5. The van der Waals surface area contributed by atoms with Crippen molar-refractivity contribution >= 4 is 0 Å². The van der Waals surface area contributed by atoms with Gasteiger partial charge in [0, 0.05) is 0 Å². The van der Waals surface area contributed by atoms with Gasteiger partial charge in [0.25, 0.3) is 0 Å². The van der Waals surface area contributed by atoms with Crippen molar-refractivity contribution in [2.45, 2.75) is 96.8 Å². The molecule has 3 aliphatic rings. The molecule has 2 saturated carbocycles. The summed E-state index contributed by atoms with van der Waals surface area (Å²) in [5, 5.41) is 0. The lowest BCUT2D eigenvalue weighted by Gasteiger charge is -2.42. The van der Waals surface area contributed by atoms with Gasteiger partial charge in [-0.3, -0.25) is 0 Å². The minimum atomic E-state index is 0.176. The van der Waals surface area contributed by atoms with Gasteiger partial charge in [0.1, 0.15) is 5.82 Å². The Bertz CT molecular complexity index is 688. The zero-order chi connectivity index (χ0) is 19.5. The average molecular weight is 383 g/mol. The van der Waals surface area contributed by atoms with Crippen molar-refractivity contribution in [1.82, 2.24) is 0 Å². The summed E-state index contributed by atoms with van der Waals surface area (Å²) >= 11 is 0. The summed E-state index contributed by atoms with van der Waals surface area (Å²) in [4.78, 5) is 0. The molecule has 0 bridgehead atoms. The van der Waals surface area contributed by atoms with E-state index in [0.29, 0.717) is 5.92 Å². The molecule has 0 amide bonds. The van der Waals surface area contributed by atoms with E-state index < -0.39 is 0 Å². The first-order valence-corrected chi connectivity index (χ1v) is 12.1. The molecule has 0 saturated heterocycles. The maximum absolute atomic E-state index is 15.4. The van der Waals surface area contributed by atoms with Gasteiger partial charge in [0.2, 0.25) is 0 Å². The van der Waals surface area contributed by atoms with Gasteiger partial charge in [0.15, 0.2) is 0 Å². The van der Waals surface area contributed by atoms with E-state index in [-0.39, 0.29) is 5.82 Å². The lowest BCUT2D eigenvalue weighted by molar-refractivity contribution is 0.114. The van der Waals surface area contributed by atoms with E-state index in [9.17, 15) is 0 Å². The van der Waals surface area contributed by atoms with E-state index in [1.807, 2.05) is 0 Å². The van der Waals surface area contributed by atoms with Crippen LogP contribution in [0.1, 0.15) is 101 Å². The van der Waals surface area contributed by atoms with E-state index in [1.165, 1.54) is 69.8 Å². The number of halogens is 1. The largest absolute Gasteiger partial charge is 0.206 e. The zero-order valence-electron chi connectivity index (χ0n) is 18.1. The lowest BCUT2D eigenvalue weighted by Crippen LogP contribution is -2.31. The summed E-state index contributed by atoms with van der Waals surface area (Å²) in [6.45, 7) is 4.40.